The van der Waals surface area contributed by atoms with Crippen LogP contribution in [0.2, 0.25) is 0 Å². The summed E-state index contributed by atoms with van der Waals surface area (Å²) in [5.74, 6) is 0.336. The van der Waals surface area contributed by atoms with Gasteiger partial charge in [0, 0.05) is 30.6 Å². The molecule has 0 fully saturated rings. The van der Waals surface area contributed by atoms with Gasteiger partial charge in [-0.25, -0.2) is 0 Å². The van der Waals surface area contributed by atoms with Crippen LogP contribution in [0.4, 0.5) is 0 Å². The summed E-state index contributed by atoms with van der Waals surface area (Å²) < 4.78 is 5.15. The molecule has 0 saturated carbocycles. The lowest BCUT2D eigenvalue weighted by molar-refractivity contribution is 0.0944. The van der Waals surface area contributed by atoms with Gasteiger partial charge in [0.2, 0.25) is 0 Å². The van der Waals surface area contributed by atoms with Crippen LogP contribution in [0.15, 0.2) is 35.1 Å². The van der Waals surface area contributed by atoms with Crippen LogP contribution in [0.5, 0.6) is 0 Å². The van der Waals surface area contributed by atoms with Crippen LogP contribution >= 0.6 is 24.8 Å². The van der Waals surface area contributed by atoms with E-state index in [1.807, 2.05) is 7.05 Å². The van der Waals surface area contributed by atoms with Gasteiger partial charge in [0.05, 0.1) is 0 Å². The van der Waals surface area contributed by atoms with Crippen molar-refractivity contribution in [2.75, 3.05) is 20.1 Å². The molecule has 21 heavy (non-hydrogen) atoms. The average Bonchev–Trinajstić information content (AvgIpc) is 2.94. The third kappa shape index (κ3) is 5.71. The molecule has 2 heterocycles. The van der Waals surface area contributed by atoms with Gasteiger partial charge < -0.3 is 15.2 Å². The third-order valence-corrected chi connectivity index (χ3v) is 2.60. The topological polar surface area (TPSA) is 80.0 Å². The minimum Gasteiger partial charge on any atom is -0.355 e. The van der Waals surface area contributed by atoms with E-state index < -0.39 is 0 Å². The second-order valence-corrected chi connectivity index (χ2v) is 4.03. The predicted molar refractivity (Wildman–Crippen MR) is 85.1 cm³/mol. The smallest absolute Gasteiger partial charge is 0.273 e. The lowest BCUT2D eigenvalue weighted by Gasteiger charge is -2.01. The Bertz CT molecular complexity index is 534. The lowest BCUT2D eigenvalue weighted by Crippen LogP contribution is -2.26. The predicted octanol–water partition coefficient (Wildman–Crippen LogP) is 1.92. The fourth-order valence-corrected chi connectivity index (χ4v) is 1.59. The van der Waals surface area contributed by atoms with E-state index in [0.29, 0.717) is 12.3 Å². The summed E-state index contributed by atoms with van der Waals surface area (Å²) >= 11 is 0. The second-order valence-electron chi connectivity index (χ2n) is 4.03. The molecule has 116 valence electrons. The Kier molecular flexibility index (Phi) is 9.36. The number of carbonyl (C=O) groups is 1. The van der Waals surface area contributed by atoms with E-state index in [2.05, 4.69) is 20.8 Å². The number of nitrogens with one attached hydrogen (secondary N) is 2. The van der Waals surface area contributed by atoms with Crippen LogP contribution in [-0.2, 0) is 0 Å². The molecule has 0 aliphatic heterocycles. The van der Waals surface area contributed by atoms with E-state index in [9.17, 15) is 4.79 Å². The zero-order chi connectivity index (χ0) is 13.5. The van der Waals surface area contributed by atoms with Gasteiger partial charge in [-0.2, -0.15) is 0 Å². The highest BCUT2D eigenvalue weighted by Gasteiger charge is 2.12. The molecule has 0 atom stereocenters. The number of carbonyl (C=O) groups excluding carboxylic acids is 1. The van der Waals surface area contributed by atoms with Crippen LogP contribution in [0, 0.1) is 0 Å². The van der Waals surface area contributed by atoms with Crippen molar-refractivity contribution in [1.82, 2.24) is 20.8 Å². The molecule has 2 N–H and O–H groups in total. The van der Waals surface area contributed by atoms with E-state index in [0.717, 1.165) is 18.5 Å². The maximum atomic E-state index is 11.8. The largest absolute Gasteiger partial charge is 0.355 e. The first-order valence-electron chi connectivity index (χ1n) is 6.11. The average molecular weight is 333 g/mol. The highest BCUT2D eigenvalue weighted by atomic mass is 35.5. The second kappa shape index (κ2) is 10.1. The first-order valence-corrected chi connectivity index (χ1v) is 6.11. The number of hydrogen-bond acceptors (Lipinski definition) is 5. The van der Waals surface area contributed by atoms with Crippen LogP contribution in [0.1, 0.15) is 16.9 Å². The molecule has 0 unspecified atom stereocenters. The molecule has 0 aliphatic carbocycles. The minimum atomic E-state index is -0.222. The SMILES string of the molecule is CNCCCNC(=O)c1cc(-c2ccncc2)on1.Cl.Cl. The van der Waals surface area contributed by atoms with Crippen molar-refractivity contribution < 1.29 is 9.32 Å². The van der Waals surface area contributed by atoms with Crippen molar-refractivity contribution in [3.63, 3.8) is 0 Å². The van der Waals surface area contributed by atoms with Crippen LogP contribution in [-0.4, -0.2) is 36.2 Å². The van der Waals surface area contributed by atoms with Crippen LogP contribution in [0.25, 0.3) is 11.3 Å². The van der Waals surface area contributed by atoms with Crippen molar-refractivity contribution in [2.45, 2.75) is 6.42 Å². The number of halogens is 2. The first-order chi connectivity index (χ1) is 9.31. The van der Waals surface area contributed by atoms with E-state index in [4.69, 9.17) is 4.52 Å². The first kappa shape index (κ1) is 19.4. The fraction of sp³-hybridized carbons (Fsp3) is 0.308. The standard InChI is InChI=1S/C13H16N4O2.2ClH/c1-14-5-2-6-16-13(18)11-9-12(19-17-11)10-3-7-15-8-4-10;;/h3-4,7-9,14H,2,5-6H2,1H3,(H,16,18);2*1H. The summed E-state index contributed by atoms with van der Waals surface area (Å²) in [7, 11) is 1.88. The highest BCUT2D eigenvalue weighted by molar-refractivity contribution is 5.93. The van der Waals surface area contributed by atoms with Gasteiger partial charge in [-0.3, -0.25) is 9.78 Å². The maximum absolute atomic E-state index is 11.8. The Morgan fingerprint density at radius 3 is 2.62 bits per heavy atom. The zero-order valence-corrected chi connectivity index (χ0v) is 13.2. The van der Waals surface area contributed by atoms with Crippen LogP contribution in [0.3, 0.4) is 0 Å². The molecule has 8 heteroatoms. The van der Waals surface area contributed by atoms with Gasteiger partial charge in [-0.05, 0) is 32.1 Å². The third-order valence-electron chi connectivity index (χ3n) is 2.60. The minimum absolute atomic E-state index is 0. The number of aromatic nitrogens is 2. The van der Waals surface area contributed by atoms with Crippen molar-refractivity contribution in [3.8, 4) is 11.3 Å². The molecule has 1 amide bonds. The lowest BCUT2D eigenvalue weighted by atomic mass is 10.2. The van der Waals surface area contributed by atoms with E-state index in [-0.39, 0.29) is 36.4 Å². The molecular formula is C13H18Cl2N4O2. The quantitative estimate of drug-likeness (QED) is 0.790. The Morgan fingerprint density at radius 1 is 1.24 bits per heavy atom. The molecule has 2 aromatic heterocycles. The van der Waals surface area contributed by atoms with Gasteiger partial charge in [0.1, 0.15) is 0 Å². The number of rotatable bonds is 6. The number of nitrogens with zero attached hydrogens (tertiary/aromatic N) is 2. The molecule has 0 aromatic carbocycles. The summed E-state index contributed by atoms with van der Waals surface area (Å²) in [5.41, 5.74) is 1.13. The summed E-state index contributed by atoms with van der Waals surface area (Å²) in [6, 6.07) is 5.23. The van der Waals surface area contributed by atoms with Crippen LogP contribution < -0.4 is 10.6 Å². The summed E-state index contributed by atoms with van der Waals surface area (Å²) in [6.45, 7) is 1.47. The van der Waals surface area contributed by atoms with E-state index in [1.165, 1.54) is 0 Å². The van der Waals surface area contributed by atoms with E-state index >= 15 is 0 Å². The molecule has 2 rings (SSSR count). The molecule has 2 aromatic rings. The monoisotopic (exact) mass is 332 g/mol. The molecule has 0 spiro atoms. The van der Waals surface area contributed by atoms with Gasteiger partial charge in [-0.15, -0.1) is 24.8 Å². The Hall–Kier alpha value is -1.63. The molecule has 6 nitrogen and oxygen atoms in total. The fourth-order valence-electron chi connectivity index (χ4n) is 1.59. The highest BCUT2D eigenvalue weighted by Crippen LogP contribution is 2.18. The van der Waals surface area contributed by atoms with E-state index in [1.54, 1.807) is 30.6 Å². The summed E-state index contributed by atoms with van der Waals surface area (Å²) in [6.07, 6.45) is 4.20. The van der Waals surface area contributed by atoms with Gasteiger partial charge in [0.25, 0.3) is 5.91 Å². The zero-order valence-electron chi connectivity index (χ0n) is 11.5. The Balaban J connectivity index is 0.00000200. The number of hydrogen-bond donors (Lipinski definition) is 2. The number of amides is 1. The van der Waals surface area contributed by atoms with Gasteiger partial charge in [-0.1, -0.05) is 5.16 Å². The Morgan fingerprint density at radius 2 is 1.95 bits per heavy atom. The van der Waals surface area contributed by atoms with Crippen molar-refractivity contribution in [2.24, 2.45) is 0 Å². The molecule has 0 saturated heterocycles. The summed E-state index contributed by atoms with van der Waals surface area (Å²) in [5, 5.41) is 9.57. The molecule has 0 bridgehead atoms. The molecule has 0 aliphatic rings. The molecular weight excluding hydrogens is 315 g/mol. The maximum Gasteiger partial charge on any atom is 0.273 e. The number of pyridine rings is 1. The van der Waals surface area contributed by atoms with Gasteiger partial charge >= 0.3 is 0 Å². The van der Waals surface area contributed by atoms with Crippen molar-refractivity contribution in [3.05, 3.63) is 36.3 Å². The van der Waals surface area contributed by atoms with Gasteiger partial charge in [0.15, 0.2) is 11.5 Å². The molecule has 0 radical (unpaired) electrons. The Labute approximate surface area is 135 Å². The van der Waals surface area contributed by atoms with Crippen molar-refractivity contribution in [1.29, 1.82) is 0 Å². The van der Waals surface area contributed by atoms with Crippen molar-refractivity contribution >= 4 is 30.7 Å². The normalized spacial score (nSPS) is 9.38. The summed E-state index contributed by atoms with van der Waals surface area (Å²) in [4.78, 5) is 15.7.